The molecule has 0 saturated carbocycles. The van der Waals surface area contributed by atoms with Crippen LogP contribution >= 0.6 is 0 Å². The van der Waals surface area contributed by atoms with E-state index in [4.69, 9.17) is 14.4 Å². The molecule has 2 aromatic heterocycles. The lowest BCUT2D eigenvalue weighted by Crippen LogP contribution is -2.22. The fraction of sp³-hybridized carbons (Fsp3) is 0.435. The predicted octanol–water partition coefficient (Wildman–Crippen LogP) is 3.66. The van der Waals surface area contributed by atoms with Gasteiger partial charge in [-0.05, 0) is 61.6 Å². The van der Waals surface area contributed by atoms with Gasteiger partial charge in [0.2, 0.25) is 5.82 Å². The topological polar surface area (TPSA) is 102 Å². The van der Waals surface area contributed by atoms with Crippen LogP contribution in [0.3, 0.4) is 0 Å². The molecule has 1 atom stereocenters. The van der Waals surface area contributed by atoms with Gasteiger partial charge >= 0.3 is 0 Å². The molecular formula is C23H29N3O4. The van der Waals surface area contributed by atoms with E-state index in [9.17, 15) is 5.11 Å². The number of benzene rings is 1. The van der Waals surface area contributed by atoms with E-state index in [0.29, 0.717) is 17.5 Å². The summed E-state index contributed by atoms with van der Waals surface area (Å²) >= 11 is 0. The maximum Gasteiger partial charge on any atom is 0.259 e. The van der Waals surface area contributed by atoms with Gasteiger partial charge < -0.3 is 19.5 Å². The van der Waals surface area contributed by atoms with E-state index >= 15 is 0 Å². The van der Waals surface area contributed by atoms with Crippen molar-refractivity contribution in [3.05, 3.63) is 46.8 Å². The number of aromatic nitrogens is 3. The molecule has 0 radical (unpaired) electrons. The molecule has 7 nitrogen and oxygen atoms in total. The number of pyridine rings is 1. The highest BCUT2D eigenvalue weighted by Crippen LogP contribution is 2.31. The number of nitrogens with zero attached hydrogens (tertiary/aromatic N) is 3. The number of hydrogen-bond acceptors (Lipinski definition) is 7. The Balaban J connectivity index is 1.88. The van der Waals surface area contributed by atoms with Gasteiger partial charge in [-0.2, -0.15) is 4.98 Å². The van der Waals surface area contributed by atoms with E-state index in [1.807, 2.05) is 39.0 Å². The molecule has 1 unspecified atom stereocenters. The molecular weight excluding hydrogens is 382 g/mol. The quantitative estimate of drug-likeness (QED) is 0.554. The van der Waals surface area contributed by atoms with Gasteiger partial charge in [-0.1, -0.05) is 25.4 Å². The molecule has 0 bridgehead atoms. The fourth-order valence-electron chi connectivity index (χ4n) is 3.35. The van der Waals surface area contributed by atoms with Crippen LogP contribution in [0, 0.1) is 13.8 Å². The van der Waals surface area contributed by atoms with E-state index in [2.05, 4.69) is 22.0 Å². The average molecular weight is 412 g/mol. The van der Waals surface area contributed by atoms with Crippen molar-refractivity contribution in [1.82, 2.24) is 15.1 Å². The summed E-state index contributed by atoms with van der Waals surface area (Å²) in [5.41, 5.74) is 5.72. The number of aliphatic hydroxyl groups excluding tert-OH is 2. The Morgan fingerprint density at radius 1 is 1.10 bits per heavy atom. The van der Waals surface area contributed by atoms with Gasteiger partial charge in [-0.3, -0.25) is 4.98 Å². The number of hydrogen-bond donors (Lipinski definition) is 2. The first-order valence-corrected chi connectivity index (χ1v) is 10.3. The Hall–Kier alpha value is -2.77. The van der Waals surface area contributed by atoms with Gasteiger partial charge in [0.15, 0.2) is 0 Å². The van der Waals surface area contributed by atoms with Crippen LogP contribution in [0.4, 0.5) is 0 Å². The molecule has 0 fully saturated rings. The molecule has 0 saturated heterocycles. The van der Waals surface area contributed by atoms with E-state index < -0.39 is 6.10 Å². The molecule has 0 amide bonds. The first kappa shape index (κ1) is 21.9. The van der Waals surface area contributed by atoms with Gasteiger partial charge in [0, 0.05) is 17.5 Å². The van der Waals surface area contributed by atoms with Gasteiger partial charge in [-0.15, -0.1) is 0 Å². The summed E-state index contributed by atoms with van der Waals surface area (Å²) in [6.07, 6.45) is 3.61. The highest BCUT2D eigenvalue weighted by molar-refractivity contribution is 5.64. The fourth-order valence-corrected chi connectivity index (χ4v) is 3.35. The van der Waals surface area contributed by atoms with Crippen molar-refractivity contribution in [2.75, 3.05) is 13.2 Å². The van der Waals surface area contributed by atoms with E-state index in [-0.39, 0.29) is 13.2 Å². The summed E-state index contributed by atoms with van der Waals surface area (Å²) in [5, 5.41) is 22.7. The van der Waals surface area contributed by atoms with Crippen LogP contribution in [-0.4, -0.2) is 44.7 Å². The smallest absolute Gasteiger partial charge is 0.259 e. The standard InChI is InChI=1S/C23H29N3O4/c1-5-7-20-14(3)8-18(11-24-20)23-25-22(26-30-23)17-9-15(4)21(16(6-2)10-17)29-13-19(28)12-27/h8-11,19,27-28H,5-7,12-13H2,1-4H3. The number of rotatable bonds is 9. The summed E-state index contributed by atoms with van der Waals surface area (Å²) < 4.78 is 11.2. The lowest BCUT2D eigenvalue weighted by Gasteiger charge is -2.16. The minimum Gasteiger partial charge on any atom is -0.490 e. The lowest BCUT2D eigenvalue weighted by atomic mass is 10.0. The zero-order chi connectivity index (χ0) is 21.7. The third kappa shape index (κ3) is 4.86. The van der Waals surface area contributed by atoms with Crippen LogP contribution in [0.1, 0.15) is 42.7 Å². The van der Waals surface area contributed by atoms with Crippen LogP contribution in [-0.2, 0) is 12.8 Å². The molecule has 3 rings (SSSR count). The van der Waals surface area contributed by atoms with Crippen molar-refractivity contribution >= 4 is 0 Å². The second kappa shape index (κ2) is 9.82. The Bertz CT molecular complexity index is 1000. The van der Waals surface area contributed by atoms with Crippen molar-refractivity contribution < 1.29 is 19.5 Å². The summed E-state index contributed by atoms with van der Waals surface area (Å²) in [4.78, 5) is 9.11. The molecule has 2 heterocycles. The summed E-state index contributed by atoms with van der Waals surface area (Å²) in [7, 11) is 0. The van der Waals surface area contributed by atoms with Gasteiger partial charge in [0.05, 0.1) is 12.2 Å². The summed E-state index contributed by atoms with van der Waals surface area (Å²) in [5.74, 6) is 1.65. The minimum atomic E-state index is -0.908. The molecule has 1 aromatic carbocycles. The van der Waals surface area contributed by atoms with Crippen molar-refractivity contribution in [3.63, 3.8) is 0 Å². The molecule has 0 spiro atoms. The van der Waals surface area contributed by atoms with Crippen molar-refractivity contribution in [1.29, 1.82) is 0 Å². The second-order valence-corrected chi connectivity index (χ2v) is 7.44. The summed E-state index contributed by atoms with van der Waals surface area (Å²) in [6.45, 7) is 7.85. The molecule has 160 valence electrons. The maximum absolute atomic E-state index is 9.57. The first-order chi connectivity index (χ1) is 14.5. The van der Waals surface area contributed by atoms with E-state index in [1.54, 1.807) is 6.20 Å². The van der Waals surface area contributed by atoms with Crippen LogP contribution < -0.4 is 4.74 Å². The predicted molar refractivity (Wildman–Crippen MR) is 114 cm³/mol. The van der Waals surface area contributed by atoms with Crippen LogP contribution in [0.15, 0.2) is 28.9 Å². The van der Waals surface area contributed by atoms with Crippen LogP contribution in [0.2, 0.25) is 0 Å². The molecule has 2 N–H and O–H groups in total. The van der Waals surface area contributed by atoms with Crippen molar-refractivity contribution in [2.24, 2.45) is 0 Å². The van der Waals surface area contributed by atoms with E-state index in [0.717, 1.165) is 52.8 Å². The van der Waals surface area contributed by atoms with Gasteiger partial charge in [0.1, 0.15) is 18.5 Å². The lowest BCUT2D eigenvalue weighted by molar-refractivity contribution is 0.0531. The molecule has 0 aliphatic rings. The number of ether oxygens (including phenoxy) is 1. The first-order valence-electron chi connectivity index (χ1n) is 10.3. The van der Waals surface area contributed by atoms with Crippen molar-refractivity contribution in [2.45, 2.75) is 53.1 Å². The second-order valence-electron chi connectivity index (χ2n) is 7.44. The highest BCUT2D eigenvalue weighted by atomic mass is 16.5. The number of aryl methyl sites for hydroxylation is 4. The normalized spacial score (nSPS) is 12.2. The highest BCUT2D eigenvalue weighted by Gasteiger charge is 2.16. The number of aliphatic hydroxyl groups is 2. The average Bonchev–Trinajstić information content (AvgIpc) is 3.24. The van der Waals surface area contributed by atoms with Crippen LogP contribution in [0.5, 0.6) is 5.75 Å². The van der Waals surface area contributed by atoms with Gasteiger partial charge in [0.25, 0.3) is 5.89 Å². The van der Waals surface area contributed by atoms with Crippen molar-refractivity contribution in [3.8, 4) is 28.6 Å². The molecule has 0 aliphatic carbocycles. The molecule has 0 aliphatic heterocycles. The van der Waals surface area contributed by atoms with Crippen LogP contribution in [0.25, 0.3) is 22.8 Å². The third-order valence-corrected chi connectivity index (χ3v) is 4.97. The monoisotopic (exact) mass is 411 g/mol. The van der Waals surface area contributed by atoms with Gasteiger partial charge in [-0.25, -0.2) is 0 Å². The minimum absolute atomic E-state index is 0.0381. The zero-order valence-corrected chi connectivity index (χ0v) is 18.0. The molecule has 3 aromatic rings. The largest absolute Gasteiger partial charge is 0.490 e. The molecule has 30 heavy (non-hydrogen) atoms. The SMILES string of the molecule is CCCc1ncc(-c2nc(-c3cc(C)c(OCC(O)CO)c(CC)c3)no2)cc1C. The van der Waals surface area contributed by atoms with E-state index in [1.165, 1.54) is 0 Å². The Kier molecular flexibility index (Phi) is 7.18. The Morgan fingerprint density at radius 2 is 1.87 bits per heavy atom. The Labute approximate surface area is 176 Å². The third-order valence-electron chi connectivity index (χ3n) is 4.97. The Morgan fingerprint density at radius 3 is 2.53 bits per heavy atom. The zero-order valence-electron chi connectivity index (χ0n) is 18.0. The summed E-state index contributed by atoms with van der Waals surface area (Å²) in [6, 6.07) is 5.93. The molecule has 7 heteroatoms. The maximum atomic E-state index is 9.57.